The Bertz CT molecular complexity index is 2500. The third-order valence-corrected chi connectivity index (χ3v) is 11.7. The van der Waals surface area contributed by atoms with E-state index in [2.05, 4.69) is 143 Å². The van der Waals surface area contributed by atoms with Gasteiger partial charge in [0.15, 0.2) is 0 Å². The van der Waals surface area contributed by atoms with E-state index in [0.29, 0.717) is 11.1 Å². The number of fused-ring (bicyclic) bond motifs is 4. The molecule has 2 aliphatic heterocycles. The van der Waals surface area contributed by atoms with Crippen molar-refractivity contribution in [2.75, 3.05) is 9.80 Å². The Balaban J connectivity index is 0.990. The van der Waals surface area contributed by atoms with Crippen LogP contribution in [0.3, 0.4) is 0 Å². The van der Waals surface area contributed by atoms with Gasteiger partial charge in [-0.05, 0) is 107 Å². The van der Waals surface area contributed by atoms with Crippen LogP contribution in [0.5, 0.6) is 0 Å². The van der Waals surface area contributed by atoms with Gasteiger partial charge < -0.3 is 9.80 Å². The number of allylic oxidation sites excluding steroid dienone is 2. The average Bonchev–Trinajstić information content (AvgIpc) is 3.23. The second kappa shape index (κ2) is 14.4. The minimum Gasteiger partial charge on any atom is -0.308 e. The highest BCUT2D eigenvalue weighted by Gasteiger charge is 2.26. The SMILES string of the molecule is N#CC(=Cc1ccc(C=C(C#N)c2ccc3c(c2)Sc2ccccc2N3c2ccccc2)cc1)c1ccc2c(c1)Sc1ccccc1N2c1ccccc1. The molecule has 0 radical (unpaired) electrons. The van der Waals surface area contributed by atoms with Crippen LogP contribution in [0.4, 0.5) is 34.1 Å². The summed E-state index contributed by atoms with van der Waals surface area (Å²) in [5.41, 5.74) is 11.4. The van der Waals surface area contributed by atoms with Gasteiger partial charge in [-0.3, -0.25) is 0 Å². The summed E-state index contributed by atoms with van der Waals surface area (Å²) in [5.74, 6) is 0. The van der Waals surface area contributed by atoms with Gasteiger partial charge in [0.25, 0.3) is 0 Å². The van der Waals surface area contributed by atoms with E-state index in [1.54, 1.807) is 23.5 Å². The molecule has 0 saturated carbocycles. The molecule has 7 aromatic rings. The second-order valence-corrected chi connectivity index (χ2v) is 15.0. The molecule has 4 nitrogen and oxygen atoms in total. The zero-order valence-corrected chi connectivity index (χ0v) is 30.6. The van der Waals surface area contributed by atoms with Crippen molar-refractivity contribution in [1.29, 1.82) is 10.5 Å². The third kappa shape index (κ3) is 6.25. The summed E-state index contributed by atoms with van der Waals surface area (Å²) in [5, 5.41) is 20.6. The van der Waals surface area contributed by atoms with Gasteiger partial charge in [-0.25, -0.2) is 0 Å². The van der Waals surface area contributed by atoms with E-state index in [9.17, 15) is 10.5 Å². The molecule has 254 valence electrons. The summed E-state index contributed by atoms with van der Waals surface area (Å²) in [6, 6.07) is 63.0. The molecule has 0 aliphatic carbocycles. The van der Waals surface area contributed by atoms with E-state index < -0.39 is 0 Å². The molecule has 2 aliphatic rings. The van der Waals surface area contributed by atoms with Crippen LogP contribution in [-0.4, -0.2) is 0 Å². The molecular weight excluding hydrogens is 697 g/mol. The van der Waals surface area contributed by atoms with Gasteiger partial charge in [0.1, 0.15) is 0 Å². The lowest BCUT2D eigenvalue weighted by Gasteiger charge is -2.33. The van der Waals surface area contributed by atoms with E-state index in [1.807, 2.05) is 60.7 Å². The van der Waals surface area contributed by atoms with Crippen LogP contribution in [0.25, 0.3) is 23.3 Å². The van der Waals surface area contributed by atoms with Crippen LogP contribution in [0.15, 0.2) is 189 Å². The van der Waals surface area contributed by atoms with Crippen molar-refractivity contribution in [3.8, 4) is 12.1 Å². The first-order valence-corrected chi connectivity index (χ1v) is 19.2. The van der Waals surface area contributed by atoms with Gasteiger partial charge in [0.05, 0.1) is 46.0 Å². The van der Waals surface area contributed by atoms with Crippen molar-refractivity contribution >= 4 is 80.9 Å². The molecule has 0 spiro atoms. The molecule has 0 N–H and O–H groups in total. The third-order valence-electron chi connectivity index (χ3n) is 9.50. The summed E-state index contributed by atoms with van der Waals surface area (Å²) >= 11 is 3.45. The maximum absolute atomic E-state index is 10.3. The predicted molar refractivity (Wildman–Crippen MR) is 224 cm³/mol. The van der Waals surface area contributed by atoms with E-state index >= 15 is 0 Å². The second-order valence-electron chi connectivity index (χ2n) is 12.9. The molecular formula is C48H30N4S2. The highest BCUT2D eigenvalue weighted by atomic mass is 32.2. The smallest absolute Gasteiger partial charge is 0.0998 e. The normalized spacial score (nSPS) is 13.1. The Hall–Kier alpha value is -6.70. The van der Waals surface area contributed by atoms with Crippen molar-refractivity contribution in [3.63, 3.8) is 0 Å². The number of hydrogen-bond acceptors (Lipinski definition) is 6. The van der Waals surface area contributed by atoms with Crippen LogP contribution in [0.1, 0.15) is 22.3 Å². The number of hydrogen-bond donors (Lipinski definition) is 0. The molecule has 0 fully saturated rings. The molecule has 0 bridgehead atoms. The Morgan fingerprint density at radius 1 is 0.407 bits per heavy atom. The van der Waals surface area contributed by atoms with Crippen molar-refractivity contribution in [3.05, 3.63) is 192 Å². The lowest BCUT2D eigenvalue weighted by Crippen LogP contribution is -2.14. The van der Waals surface area contributed by atoms with E-state index in [-0.39, 0.29) is 0 Å². The van der Waals surface area contributed by atoms with Crippen molar-refractivity contribution in [2.24, 2.45) is 0 Å². The Morgan fingerprint density at radius 2 is 0.778 bits per heavy atom. The van der Waals surface area contributed by atoms with Crippen LogP contribution in [-0.2, 0) is 0 Å². The first-order chi connectivity index (χ1) is 26.7. The summed E-state index contributed by atoms with van der Waals surface area (Å²) in [6.45, 7) is 0. The van der Waals surface area contributed by atoms with E-state index in [0.717, 1.165) is 66.2 Å². The maximum atomic E-state index is 10.3. The Labute approximate surface area is 323 Å². The average molecular weight is 727 g/mol. The monoisotopic (exact) mass is 726 g/mol. The summed E-state index contributed by atoms with van der Waals surface area (Å²) in [6.07, 6.45) is 3.85. The lowest BCUT2D eigenvalue weighted by molar-refractivity contribution is 1.16. The number of benzene rings is 7. The Kier molecular flexibility index (Phi) is 8.83. The molecule has 6 heteroatoms. The number of para-hydroxylation sites is 4. The Morgan fingerprint density at radius 3 is 1.19 bits per heavy atom. The lowest BCUT2D eigenvalue weighted by atomic mass is 10.0. The van der Waals surface area contributed by atoms with Gasteiger partial charge in [0, 0.05) is 31.0 Å². The van der Waals surface area contributed by atoms with Crippen molar-refractivity contribution in [1.82, 2.24) is 0 Å². The quantitative estimate of drug-likeness (QED) is 0.126. The number of anilines is 6. The van der Waals surface area contributed by atoms with Gasteiger partial charge in [0.2, 0.25) is 0 Å². The summed E-state index contributed by atoms with van der Waals surface area (Å²) in [4.78, 5) is 9.09. The maximum Gasteiger partial charge on any atom is 0.0998 e. The molecule has 9 rings (SSSR count). The van der Waals surface area contributed by atoms with Gasteiger partial charge in [-0.1, -0.05) is 121 Å². The first kappa shape index (κ1) is 33.2. The number of nitrogens with zero attached hydrogens (tertiary/aromatic N) is 4. The highest BCUT2D eigenvalue weighted by Crippen LogP contribution is 2.53. The molecule has 0 saturated heterocycles. The molecule has 0 amide bonds. The fourth-order valence-corrected chi connectivity index (χ4v) is 9.14. The van der Waals surface area contributed by atoms with Crippen LogP contribution >= 0.6 is 23.5 Å². The zero-order chi connectivity index (χ0) is 36.4. The number of rotatable bonds is 6. The molecule has 54 heavy (non-hydrogen) atoms. The zero-order valence-electron chi connectivity index (χ0n) is 28.9. The number of nitriles is 2. The minimum atomic E-state index is 0.585. The van der Waals surface area contributed by atoms with Crippen molar-refractivity contribution in [2.45, 2.75) is 19.6 Å². The fourth-order valence-electron chi connectivity index (χ4n) is 6.94. The van der Waals surface area contributed by atoms with Gasteiger partial charge >= 0.3 is 0 Å². The summed E-state index contributed by atoms with van der Waals surface area (Å²) < 4.78 is 0. The van der Waals surface area contributed by atoms with Crippen LogP contribution < -0.4 is 9.80 Å². The molecule has 2 heterocycles. The largest absolute Gasteiger partial charge is 0.308 e. The predicted octanol–water partition coefficient (Wildman–Crippen LogP) is 13.7. The molecule has 0 aromatic heterocycles. The van der Waals surface area contributed by atoms with Crippen LogP contribution in [0, 0.1) is 22.7 Å². The van der Waals surface area contributed by atoms with Crippen LogP contribution in [0.2, 0.25) is 0 Å². The van der Waals surface area contributed by atoms with Gasteiger partial charge in [-0.2, -0.15) is 10.5 Å². The summed E-state index contributed by atoms with van der Waals surface area (Å²) in [7, 11) is 0. The highest BCUT2D eigenvalue weighted by molar-refractivity contribution is 8.00. The molecule has 0 atom stereocenters. The molecule has 0 unspecified atom stereocenters. The first-order valence-electron chi connectivity index (χ1n) is 17.5. The minimum absolute atomic E-state index is 0.585. The fraction of sp³-hybridized carbons (Fsp3) is 0. The standard InChI is InChI=1S/C48H30N4S2/c49-31-37(35-23-25-43-47(29-35)53-45-17-9-7-15-41(45)51(43)39-11-3-1-4-12-39)27-33-19-21-34(22-20-33)28-38(32-50)36-24-26-44-48(30-36)54-46-18-10-8-16-42(46)52(44)40-13-5-2-6-14-40/h1-30H. The van der Waals surface area contributed by atoms with Crippen molar-refractivity contribution < 1.29 is 0 Å². The van der Waals surface area contributed by atoms with E-state index in [4.69, 9.17) is 0 Å². The topological polar surface area (TPSA) is 54.1 Å². The van der Waals surface area contributed by atoms with Gasteiger partial charge in [-0.15, -0.1) is 0 Å². The van der Waals surface area contributed by atoms with E-state index in [1.165, 1.54) is 9.79 Å². The molecule has 7 aromatic carbocycles.